The fourth-order valence-electron chi connectivity index (χ4n) is 4.56. The average molecular weight is 454 g/mol. The second-order valence-corrected chi connectivity index (χ2v) is 8.86. The minimum atomic E-state index is -0.220. The molecule has 2 aromatic heterocycles. The molecule has 5 rings (SSSR count). The third-order valence-corrected chi connectivity index (χ3v) is 6.29. The number of hydrogen-bond acceptors (Lipinski definition) is 5. The first kappa shape index (κ1) is 21.8. The number of aromatic nitrogens is 2. The van der Waals surface area contributed by atoms with Crippen LogP contribution in [-0.2, 0) is 4.79 Å². The van der Waals surface area contributed by atoms with Crippen LogP contribution in [0.2, 0.25) is 0 Å². The minimum absolute atomic E-state index is 0.0114. The van der Waals surface area contributed by atoms with Crippen LogP contribution in [0.3, 0.4) is 0 Å². The monoisotopic (exact) mass is 453 g/mol. The molecule has 2 amide bonds. The van der Waals surface area contributed by atoms with Crippen LogP contribution in [0.25, 0.3) is 16.7 Å². The number of carbonyl (C=O) groups is 2. The van der Waals surface area contributed by atoms with Gasteiger partial charge in [0.15, 0.2) is 0 Å². The van der Waals surface area contributed by atoms with Gasteiger partial charge < -0.3 is 16.0 Å². The van der Waals surface area contributed by atoms with Gasteiger partial charge in [0.25, 0.3) is 11.8 Å². The highest BCUT2D eigenvalue weighted by molar-refractivity contribution is 6.27. The minimum Gasteiger partial charge on any atom is -0.379 e. The number of pyridine rings is 2. The van der Waals surface area contributed by atoms with Crippen molar-refractivity contribution in [1.82, 2.24) is 15.3 Å². The van der Waals surface area contributed by atoms with E-state index in [1.807, 2.05) is 43.3 Å². The summed E-state index contributed by atoms with van der Waals surface area (Å²) in [5.41, 5.74) is 5.20. The molecule has 7 heteroatoms. The summed E-state index contributed by atoms with van der Waals surface area (Å²) in [6, 6.07) is 13.5. The van der Waals surface area contributed by atoms with Crippen LogP contribution in [-0.4, -0.2) is 33.9 Å². The molecule has 0 spiro atoms. The zero-order valence-corrected chi connectivity index (χ0v) is 19.0. The van der Waals surface area contributed by atoms with Crippen LogP contribution in [0.4, 0.5) is 11.4 Å². The van der Waals surface area contributed by atoms with Gasteiger partial charge in [0, 0.05) is 46.9 Å². The Bertz CT molecular complexity index is 1230. The van der Waals surface area contributed by atoms with Gasteiger partial charge in [-0.25, -0.2) is 4.98 Å². The van der Waals surface area contributed by atoms with Gasteiger partial charge >= 0.3 is 0 Å². The topological polar surface area (TPSA) is 96.0 Å². The maximum atomic E-state index is 13.2. The van der Waals surface area contributed by atoms with Gasteiger partial charge in [-0.2, -0.15) is 0 Å². The van der Waals surface area contributed by atoms with Crippen molar-refractivity contribution in [2.24, 2.45) is 0 Å². The van der Waals surface area contributed by atoms with Gasteiger partial charge in [-0.05, 0) is 61.7 Å². The van der Waals surface area contributed by atoms with Crippen molar-refractivity contribution in [2.45, 2.75) is 44.7 Å². The van der Waals surface area contributed by atoms with E-state index in [1.54, 1.807) is 24.5 Å². The predicted octanol–water partition coefficient (Wildman–Crippen LogP) is 4.65. The fraction of sp³-hybridized carbons (Fsp3) is 0.259. The third-order valence-electron chi connectivity index (χ3n) is 6.29. The molecule has 1 aliphatic heterocycles. The summed E-state index contributed by atoms with van der Waals surface area (Å²) in [4.78, 5) is 34.1. The molecule has 2 aliphatic rings. The van der Waals surface area contributed by atoms with Crippen LogP contribution in [0.15, 0.2) is 67.1 Å². The smallest absolute Gasteiger partial charge is 0.270 e. The SMILES string of the molecule is CC1C=C(C(=O)Nc2ccc(C(=O)NC3CCCC3)nc2)c2cc(-c3cccnc3)ccc2N1. The highest BCUT2D eigenvalue weighted by atomic mass is 16.2. The van der Waals surface area contributed by atoms with Crippen molar-refractivity contribution >= 4 is 28.8 Å². The lowest BCUT2D eigenvalue weighted by atomic mass is 9.93. The second kappa shape index (κ2) is 9.47. The summed E-state index contributed by atoms with van der Waals surface area (Å²) >= 11 is 0. The van der Waals surface area contributed by atoms with Crippen molar-refractivity contribution in [1.29, 1.82) is 0 Å². The van der Waals surface area contributed by atoms with Gasteiger partial charge in [-0.1, -0.05) is 25.0 Å². The summed E-state index contributed by atoms with van der Waals surface area (Å²) in [6.45, 7) is 2.00. The molecule has 1 fully saturated rings. The quantitative estimate of drug-likeness (QED) is 0.523. The molecule has 1 saturated carbocycles. The predicted molar refractivity (Wildman–Crippen MR) is 133 cm³/mol. The summed E-state index contributed by atoms with van der Waals surface area (Å²) in [7, 11) is 0. The van der Waals surface area contributed by atoms with E-state index in [0.717, 1.165) is 48.1 Å². The largest absolute Gasteiger partial charge is 0.379 e. The van der Waals surface area contributed by atoms with E-state index in [-0.39, 0.29) is 23.9 Å². The molecular weight excluding hydrogens is 426 g/mol. The highest BCUT2D eigenvalue weighted by Crippen LogP contribution is 2.34. The number of amides is 2. The van der Waals surface area contributed by atoms with E-state index in [9.17, 15) is 9.59 Å². The normalized spacial score (nSPS) is 17.3. The molecule has 1 aromatic carbocycles. The Hall–Kier alpha value is -4.00. The van der Waals surface area contributed by atoms with E-state index in [2.05, 4.69) is 25.9 Å². The number of fused-ring (bicyclic) bond motifs is 1. The van der Waals surface area contributed by atoms with Gasteiger partial charge in [-0.3, -0.25) is 14.6 Å². The molecule has 0 bridgehead atoms. The van der Waals surface area contributed by atoms with Crippen molar-refractivity contribution < 1.29 is 9.59 Å². The average Bonchev–Trinajstić information content (AvgIpc) is 3.37. The first-order valence-electron chi connectivity index (χ1n) is 11.7. The number of carbonyl (C=O) groups excluding carboxylic acids is 2. The van der Waals surface area contributed by atoms with Gasteiger partial charge in [0.1, 0.15) is 5.69 Å². The lowest BCUT2D eigenvalue weighted by Gasteiger charge is -2.24. The molecule has 1 unspecified atom stereocenters. The van der Waals surface area contributed by atoms with Crippen LogP contribution in [0.1, 0.15) is 48.7 Å². The summed E-state index contributed by atoms with van der Waals surface area (Å²) in [5, 5.41) is 9.37. The molecule has 172 valence electrons. The molecule has 1 atom stereocenters. The number of anilines is 2. The lowest BCUT2D eigenvalue weighted by molar-refractivity contribution is -0.111. The fourth-order valence-corrected chi connectivity index (χ4v) is 4.56. The van der Waals surface area contributed by atoms with Gasteiger partial charge in [0.05, 0.1) is 11.9 Å². The molecule has 0 radical (unpaired) electrons. The Morgan fingerprint density at radius 3 is 2.59 bits per heavy atom. The van der Waals surface area contributed by atoms with Crippen molar-refractivity contribution in [2.75, 3.05) is 10.6 Å². The van der Waals surface area contributed by atoms with E-state index in [0.29, 0.717) is 17.0 Å². The number of hydrogen-bond donors (Lipinski definition) is 3. The summed E-state index contributed by atoms with van der Waals surface area (Å²) in [6.07, 6.45) is 11.3. The van der Waals surface area contributed by atoms with Crippen LogP contribution in [0.5, 0.6) is 0 Å². The highest BCUT2D eigenvalue weighted by Gasteiger charge is 2.23. The standard InChI is InChI=1S/C27H27N5O2/c1-17-13-23(22-14-18(8-10-24(22)30-17)19-5-4-12-28-15-19)26(33)32-21-9-11-25(29-16-21)27(34)31-20-6-2-3-7-20/h4-5,8-17,20,30H,2-3,6-7H2,1H3,(H,31,34)(H,32,33). The van der Waals surface area contributed by atoms with Crippen molar-refractivity contribution in [3.8, 4) is 11.1 Å². The zero-order valence-electron chi connectivity index (χ0n) is 19.0. The Labute approximate surface area is 198 Å². The van der Waals surface area contributed by atoms with E-state index in [1.165, 1.54) is 6.20 Å². The van der Waals surface area contributed by atoms with E-state index in [4.69, 9.17) is 0 Å². The van der Waals surface area contributed by atoms with E-state index >= 15 is 0 Å². The maximum absolute atomic E-state index is 13.2. The number of nitrogens with one attached hydrogen (secondary N) is 3. The first-order valence-corrected chi connectivity index (χ1v) is 11.7. The molecule has 0 saturated heterocycles. The molecule has 3 N–H and O–H groups in total. The van der Waals surface area contributed by atoms with Crippen LogP contribution < -0.4 is 16.0 Å². The van der Waals surface area contributed by atoms with Crippen molar-refractivity contribution in [3.63, 3.8) is 0 Å². The Morgan fingerprint density at radius 1 is 1.00 bits per heavy atom. The lowest BCUT2D eigenvalue weighted by Crippen LogP contribution is -2.33. The zero-order chi connectivity index (χ0) is 23.5. The van der Waals surface area contributed by atoms with Crippen LogP contribution in [0, 0.1) is 0 Å². The molecule has 1 aliphatic carbocycles. The molecular formula is C27H27N5O2. The number of rotatable bonds is 5. The van der Waals surface area contributed by atoms with E-state index < -0.39 is 0 Å². The molecule has 7 nitrogen and oxygen atoms in total. The van der Waals surface area contributed by atoms with Gasteiger partial charge in [-0.15, -0.1) is 0 Å². The van der Waals surface area contributed by atoms with Gasteiger partial charge in [0.2, 0.25) is 0 Å². The number of benzene rings is 1. The third kappa shape index (κ3) is 4.69. The molecule has 34 heavy (non-hydrogen) atoms. The Balaban J connectivity index is 1.33. The maximum Gasteiger partial charge on any atom is 0.270 e. The Kier molecular flexibility index (Phi) is 6.08. The second-order valence-electron chi connectivity index (χ2n) is 8.86. The summed E-state index contributed by atoms with van der Waals surface area (Å²) in [5.74, 6) is -0.389. The molecule has 3 aromatic rings. The Morgan fingerprint density at radius 2 is 1.85 bits per heavy atom. The van der Waals surface area contributed by atoms with Crippen molar-refractivity contribution in [3.05, 3.63) is 78.4 Å². The first-order chi connectivity index (χ1) is 16.6. The van der Waals surface area contributed by atoms with Crippen LogP contribution >= 0.6 is 0 Å². The summed E-state index contributed by atoms with van der Waals surface area (Å²) < 4.78 is 0. The molecule has 3 heterocycles. The number of nitrogens with zero attached hydrogens (tertiary/aromatic N) is 2.